The molecule has 1 amide bonds. The number of halogens is 1. The lowest BCUT2D eigenvalue weighted by Gasteiger charge is -2.42. The van der Waals surface area contributed by atoms with Crippen molar-refractivity contribution in [3.05, 3.63) is 53.3 Å². The molecule has 0 spiro atoms. The van der Waals surface area contributed by atoms with Crippen LogP contribution in [0, 0.1) is 12.7 Å². The van der Waals surface area contributed by atoms with Gasteiger partial charge in [0.2, 0.25) is 0 Å². The van der Waals surface area contributed by atoms with Crippen LogP contribution in [-0.2, 0) is 0 Å². The van der Waals surface area contributed by atoms with E-state index in [9.17, 15) is 9.18 Å². The van der Waals surface area contributed by atoms with Gasteiger partial charge < -0.3 is 16.0 Å². The van der Waals surface area contributed by atoms with Crippen molar-refractivity contribution in [3.8, 4) is 0 Å². The molecule has 0 saturated carbocycles. The summed E-state index contributed by atoms with van der Waals surface area (Å²) in [5.41, 5.74) is 9.28. The molecule has 1 aliphatic heterocycles. The van der Waals surface area contributed by atoms with Crippen molar-refractivity contribution in [1.82, 2.24) is 0 Å². The first-order valence-corrected chi connectivity index (χ1v) is 9.13. The standard InChI is InChI=1S/C21H26FN3O/c1-13-11-18(23)19(24-21(26)16-9-4-5-10-17(16)22)12-20(13)25-14(2)7-6-8-15(25)3/h4-5,9-12,14-15H,6-8,23H2,1-3H3,(H,24,26)/t14-,15-/m0/s1. The molecule has 1 fully saturated rings. The summed E-state index contributed by atoms with van der Waals surface area (Å²) >= 11 is 0. The molecule has 3 N–H and O–H groups in total. The van der Waals surface area contributed by atoms with E-state index in [0.29, 0.717) is 23.5 Å². The van der Waals surface area contributed by atoms with Crippen LogP contribution in [0.4, 0.5) is 21.5 Å². The van der Waals surface area contributed by atoms with Crippen LogP contribution in [0.15, 0.2) is 36.4 Å². The maximum atomic E-state index is 13.9. The van der Waals surface area contributed by atoms with Gasteiger partial charge in [0.25, 0.3) is 5.91 Å². The molecule has 5 heteroatoms. The maximum absolute atomic E-state index is 13.9. The lowest BCUT2D eigenvalue weighted by Crippen LogP contribution is -2.44. The van der Waals surface area contributed by atoms with Crippen molar-refractivity contribution in [1.29, 1.82) is 0 Å². The third kappa shape index (κ3) is 3.52. The third-order valence-electron chi connectivity index (χ3n) is 5.21. The van der Waals surface area contributed by atoms with Crippen molar-refractivity contribution in [3.63, 3.8) is 0 Å². The number of carbonyl (C=O) groups is 1. The number of piperidine rings is 1. The van der Waals surface area contributed by atoms with Crippen LogP contribution in [0.25, 0.3) is 0 Å². The fraction of sp³-hybridized carbons (Fsp3) is 0.381. The molecule has 1 saturated heterocycles. The lowest BCUT2D eigenvalue weighted by molar-refractivity contribution is 0.102. The normalized spacial score (nSPS) is 20.1. The lowest BCUT2D eigenvalue weighted by atomic mass is 9.95. The van der Waals surface area contributed by atoms with Crippen molar-refractivity contribution in [2.45, 2.75) is 52.1 Å². The quantitative estimate of drug-likeness (QED) is 0.782. The Morgan fingerprint density at radius 3 is 2.50 bits per heavy atom. The molecular weight excluding hydrogens is 329 g/mol. The smallest absolute Gasteiger partial charge is 0.258 e. The number of nitrogens with two attached hydrogens (primary N) is 1. The van der Waals surface area contributed by atoms with Crippen LogP contribution in [0.1, 0.15) is 49.0 Å². The average Bonchev–Trinajstić information content (AvgIpc) is 2.58. The van der Waals surface area contributed by atoms with E-state index in [-0.39, 0.29) is 5.56 Å². The number of nitrogens with one attached hydrogen (secondary N) is 1. The molecule has 0 aromatic heterocycles. The van der Waals surface area contributed by atoms with Gasteiger partial charge in [-0.1, -0.05) is 12.1 Å². The molecular formula is C21H26FN3O. The molecule has 138 valence electrons. The number of anilines is 3. The first-order valence-electron chi connectivity index (χ1n) is 9.13. The highest BCUT2D eigenvalue weighted by atomic mass is 19.1. The molecule has 26 heavy (non-hydrogen) atoms. The van der Waals surface area contributed by atoms with Gasteiger partial charge in [-0.05, 0) is 69.9 Å². The number of aryl methyl sites for hydroxylation is 1. The highest BCUT2D eigenvalue weighted by molar-refractivity contribution is 6.06. The summed E-state index contributed by atoms with van der Waals surface area (Å²) in [7, 11) is 0. The van der Waals surface area contributed by atoms with Crippen molar-refractivity contribution < 1.29 is 9.18 Å². The number of rotatable bonds is 3. The monoisotopic (exact) mass is 355 g/mol. The Labute approximate surface area is 154 Å². The number of amides is 1. The first-order chi connectivity index (χ1) is 12.4. The largest absolute Gasteiger partial charge is 0.397 e. The van der Waals surface area contributed by atoms with Gasteiger partial charge in [-0.25, -0.2) is 4.39 Å². The Morgan fingerprint density at radius 1 is 1.19 bits per heavy atom. The van der Waals surface area contributed by atoms with E-state index in [4.69, 9.17) is 5.73 Å². The van der Waals surface area contributed by atoms with Crippen LogP contribution < -0.4 is 16.0 Å². The van der Waals surface area contributed by atoms with E-state index in [1.807, 2.05) is 19.1 Å². The zero-order valence-corrected chi connectivity index (χ0v) is 15.6. The highest BCUT2D eigenvalue weighted by Gasteiger charge is 2.26. The van der Waals surface area contributed by atoms with E-state index in [0.717, 1.165) is 24.1 Å². The fourth-order valence-electron chi connectivity index (χ4n) is 3.84. The van der Waals surface area contributed by atoms with Gasteiger partial charge in [-0.2, -0.15) is 0 Å². The van der Waals surface area contributed by atoms with Gasteiger partial charge in [0.15, 0.2) is 0 Å². The third-order valence-corrected chi connectivity index (χ3v) is 5.21. The van der Waals surface area contributed by atoms with E-state index in [1.54, 1.807) is 12.1 Å². The van der Waals surface area contributed by atoms with Gasteiger partial charge >= 0.3 is 0 Å². The minimum atomic E-state index is -0.547. The molecule has 0 aliphatic carbocycles. The minimum absolute atomic E-state index is 0.00809. The summed E-state index contributed by atoms with van der Waals surface area (Å²) in [6.45, 7) is 6.48. The topological polar surface area (TPSA) is 58.4 Å². The number of hydrogen-bond acceptors (Lipinski definition) is 3. The summed E-state index contributed by atoms with van der Waals surface area (Å²) in [5, 5.41) is 2.77. The fourth-order valence-corrected chi connectivity index (χ4v) is 3.84. The van der Waals surface area contributed by atoms with Gasteiger partial charge in [-0.15, -0.1) is 0 Å². The second-order valence-electron chi connectivity index (χ2n) is 7.20. The number of nitrogen functional groups attached to an aromatic ring is 1. The zero-order valence-electron chi connectivity index (χ0n) is 15.6. The number of nitrogens with zero attached hydrogens (tertiary/aromatic N) is 1. The Hall–Kier alpha value is -2.56. The molecule has 3 rings (SSSR count). The molecule has 2 aromatic rings. The van der Waals surface area contributed by atoms with E-state index in [1.165, 1.54) is 18.6 Å². The van der Waals surface area contributed by atoms with Gasteiger partial charge in [-0.3, -0.25) is 4.79 Å². The summed E-state index contributed by atoms with van der Waals surface area (Å²) in [6.07, 6.45) is 3.51. The molecule has 0 radical (unpaired) electrons. The Bertz CT molecular complexity index is 811. The van der Waals surface area contributed by atoms with Gasteiger partial charge in [0.1, 0.15) is 5.82 Å². The van der Waals surface area contributed by atoms with Crippen LogP contribution in [0.5, 0.6) is 0 Å². The van der Waals surface area contributed by atoms with Crippen LogP contribution in [-0.4, -0.2) is 18.0 Å². The maximum Gasteiger partial charge on any atom is 0.258 e. The SMILES string of the molecule is Cc1cc(N)c(NC(=O)c2ccccc2F)cc1N1[C@@H](C)CCC[C@@H]1C. The first kappa shape index (κ1) is 18.2. The van der Waals surface area contributed by atoms with Gasteiger partial charge in [0, 0.05) is 17.8 Å². The number of carbonyl (C=O) groups excluding carboxylic acids is 1. The van der Waals surface area contributed by atoms with E-state index >= 15 is 0 Å². The summed E-state index contributed by atoms with van der Waals surface area (Å²) in [6, 6.07) is 10.6. The van der Waals surface area contributed by atoms with E-state index in [2.05, 4.69) is 24.1 Å². The van der Waals surface area contributed by atoms with Crippen LogP contribution in [0.2, 0.25) is 0 Å². The number of benzene rings is 2. The second kappa shape index (κ2) is 7.36. The molecule has 1 aliphatic rings. The zero-order chi connectivity index (χ0) is 18.8. The Kier molecular flexibility index (Phi) is 5.16. The number of hydrogen-bond donors (Lipinski definition) is 2. The molecule has 4 nitrogen and oxygen atoms in total. The summed E-state index contributed by atoms with van der Waals surface area (Å²) < 4.78 is 13.9. The molecule has 1 heterocycles. The van der Waals surface area contributed by atoms with Crippen molar-refractivity contribution >= 4 is 23.0 Å². The second-order valence-corrected chi connectivity index (χ2v) is 7.20. The average molecular weight is 355 g/mol. The Balaban J connectivity index is 1.93. The molecule has 0 unspecified atom stereocenters. The van der Waals surface area contributed by atoms with Crippen molar-refractivity contribution in [2.75, 3.05) is 16.0 Å². The van der Waals surface area contributed by atoms with Crippen molar-refractivity contribution in [2.24, 2.45) is 0 Å². The summed E-state index contributed by atoms with van der Waals surface area (Å²) in [4.78, 5) is 14.9. The molecule has 2 aromatic carbocycles. The summed E-state index contributed by atoms with van der Waals surface area (Å²) in [5.74, 6) is -1.04. The minimum Gasteiger partial charge on any atom is -0.397 e. The van der Waals surface area contributed by atoms with Crippen LogP contribution >= 0.6 is 0 Å². The Morgan fingerprint density at radius 2 is 1.85 bits per heavy atom. The van der Waals surface area contributed by atoms with E-state index < -0.39 is 11.7 Å². The predicted octanol–water partition coefficient (Wildman–Crippen LogP) is 4.74. The predicted molar refractivity (Wildman–Crippen MR) is 105 cm³/mol. The molecule has 2 atom stereocenters. The highest BCUT2D eigenvalue weighted by Crippen LogP contribution is 2.36. The van der Waals surface area contributed by atoms with Crippen LogP contribution in [0.3, 0.4) is 0 Å². The van der Waals surface area contributed by atoms with Gasteiger partial charge in [0.05, 0.1) is 16.9 Å². The molecule has 0 bridgehead atoms.